The molecule has 0 aliphatic rings. The van der Waals surface area contributed by atoms with E-state index >= 15 is 0 Å². The molecule has 1 atom stereocenters. The smallest absolute Gasteiger partial charge is 0.384 e. The van der Waals surface area contributed by atoms with Crippen LogP contribution in [-0.4, -0.2) is 36.4 Å². The molecule has 0 spiro atoms. The molecule has 184 valence electrons. The molecule has 0 fully saturated rings. The number of rotatable bonds is 6. The van der Waals surface area contributed by atoms with Gasteiger partial charge in [0.15, 0.2) is 0 Å². The van der Waals surface area contributed by atoms with Crippen molar-refractivity contribution in [2.45, 2.75) is 51.1 Å². The number of hydrogen-bond acceptors (Lipinski definition) is 5. The average Bonchev–Trinajstić information content (AvgIpc) is 3.25. The van der Waals surface area contributed by atoms with Gasteiger partial charge in [0.1, 0.15) is 17.1 Å². The monoisotopic (exact) mass is 488 g/mol. The van der Waals surface area contributed by atoms with Crippen LogP contribution in [0.15, 0.2) is 54.7 Å². The molecule has 0 amide bonds. The summed E-state index contributed by atoms with van der Waals surface area (Å²) in [6.45, 7) is 4.51. The predicted molar refractivity (Wildman–Crippen MR) is 122 cm³/mol. The van der Waals surface area contributed by atoms with E-state index in [4.69, 9.17) is 0 Å². The third-order valence-electron chi connectivity index (χ3n) is 5.94. The van der Waals surface area contributed by atoms with Gasteiger partial charge in [-0.05, 0) is 61.2 Å². The molecule has 0 bridgehead atoms. The normalized spacial score (nSPS) is 14.3. The van der Waals surface area contributed by atoms with Gasteiger partial charge >= 0.3 is 6.18 Å². The maximum absolute atomic E-state index is 13.5. The van der Waals surface area contributed by atoms with Gasteiger partial charge in [-0.2, -0.15) is 13.2 Å². The Morgan fingerprint density at radius 3 is 2.23 bits per heavy atom. The molecular weight excluding hydrogens is 464 g/mol. The lowest BCUT2D eigenvalue weighted by atomic mass is 9.95. The summed E-state index contributed by atoms with van der Waals surface area (Å²) in [6, 6.07) is 13.0. The van der Waals surface area contributed by atoms with Gasteiger partial charge in [0.2, 0.25) is 5.60 Å². The maximum atomic E-state index is 13.5. The topological polar surface area (TPSA) is 84.1 Å². The number of benzene rings is 2. The van der Waals surface area contributed by atoms with Gasteiger partial charge in [-0.1, -0.05) is 36.4 Å². The highest BCUT2D eigenvalue weighted by atomic mass is 19.4. The largest absolute Gasteiger partial charge is 0.423 e. The Bertz CT molecular complexity index is 1360. The molecule has 2 aromatic heterocycles. The van der Waals surface area contributed by atoms with Crippen molar-refractivity contribution in [3.05, 3.63) is 77.5 Å². The van der Waals surface area contributed by atoms with Crippen molar-refractivity contribution in [3.63, 3.8) is 0 Å². The Hall–Kier alpha value is -3.37. The molecule has 0 aliphatic heterocycles. The van der Waals surface area contributed by atoms with Gasteiger partial charge in [0.05, 0.1) is 24.0 Å². The van der Waals surface area contributed by atoms with Crippen LogP contribution in [0.3, 0.4) is 0 Å². The highest BCUT2D eigenvalue weighted by Gasteiger charge is 2.55. The van der Waals surface area contributed by atoms with Crippen LogP contribution in [0.2, 0.25) is 0 Å². The zero-order chi connectivity index (χ0) is 25.6. The number of fused-ring (bicyclic) bond motifs is 1. The molecule has 2 aromatic carbocycles. The van der Waals surface area contributed by atoms with Crippen LogP contribution >= 0.6 is 0 Å². The lowest BCUT2D eigenvalue weighted by molar-refractivity contribution is -0.269. The summed E-state index contributed by atoms with van der Waals surface area (Å²) in [5.41, 5.74) is -1.79. The fourth-order valence-electron chi connectivity index (χ4n) is 3.83. The van der Waals surface area contributed by atoms with E-state index in [-0.39, 0.29) is 12.4 Å². The first kappa shape index (κ1) is 24.7. The summed E-state index contributed by atoms with van der Waals surface area (Å²) >= 11 is 0. The zero-order valence-electron chi connectivity index (χ0n) is 19.3. The van der Waals surface area contributed by atoms with E-state index in [9.17, 15) is 27.8 Å². The zero-order valence-corrected chi connectivity index (χ0v) is 19.3. The Kier molecular flexibility index (Phi) is 6.14. The van der Waals surface area contributed by atoms with Crippen LogP contribution in [0, 0.1) is 5.82 Å². The number of nitrogens with zero attached hydrogens (tertiary/aromatic N) is 4. The van der Waals surface area contributed by atoms with Gasteiger partial charge in [-0.3, -0.25) is 0 Å². The molecule has 0 radical (unpaired) electrons. The molecule has 10 heteroatoms. The van der Waals surface area contributed by atoms with Gasteiger partial charge in [0, 0.05) is 5.39 Å². The van der Waals surface area contributed by atoms with Crippen LogP contribution < -0.4 is 0 Å². The van der Waals surface area contributed by atoms with E-state index in [0.29, 0.717) is 16.8 Å². The molecule has 4 aromatic rings. The van der Waals surface area contributed by atoms with E-state index in [1.807, 2.05) is 0 Å². The summed E-state index contributed by atoms with van der Waals surface area (Å²) < 4.78 is 54.8. The Balaban J connectivity index is 1.75. The van der Waals surface area contributed by atoms with Crippen molar-refractivity contribution < 1.29 is 27.8 Å². The molecule has 0 saturated heterocycles. The molecule has 0 unspecified atom stereocenters. The molecule has 6 nitrogen and oxygen atoms in total. The standard InChI is InChI=1S/C25H24F4N4O2/c1-4-24(35,25(27,28)29)22-14-33(32-31-22)13-15-5-10-18-19(16-6-8-17(26)9-7-16)12-21(23(2,3)34)30-20(18)11-15/h5-12,14,34-35H,4,13H2,1-3H3/t24-/m0/s1. The third-order valence-corrected chi connectivity index (χ3v) is 5.94. The summed E-state index contributed by atoms with van der Waals surface area (Å²) in [7, 11) is 0. The first-order valence-electron chi connectivity index (χ1n) is 10.9. The fraction of sp³-hybridized carbons (Fsp3) is 0.320. The van der Waals surface area contributed by atoms with Gasteiger partial charge in [-0.25, -0.2) is 14.1 Å². The Morgan fingerprint density at radius 2 is 1.63 bits per heavy atom. The van der Waals surface area contributed by atoms with Crippen molar-refractivity contribution in [1.82, 2.24) is 20.0 Å². The Morgan fingerprint density at radius 1 is 0.943 bits per heavy atom. The van der Waals surface area contributed by atoms with E-state index in [2.05, 4.69) is 15.3 Å². The quantitative estimate of drug-likeness (QED) is 0.371. The highest BCUT2D eigenvalue weighted by Crippen LogP contribution is 2.40. The van der Waals surface area contributed by atoms with Gasteiger partial charge in [0.25, 0.3) is 0 Å². The van der Waals surface area contributed by atoms with Crippen molar-refractivity contribution in [2.75, 3.05) is 0 Å². The summed E-state index contributed by atoms with van der Waals surface area (Å²) in [6.07, 6.45) is -4.41. The van der Waals surface area contributed by atoms with Crippen molar-refractivity contribution >= 4 is 10.9 Å². The number of aliphatic hydroxyl groups is 2. The van der Waals surface area contributed by atoms with Gasteiger partial charge in [-0.15, -0.1) is 5.10 Å². The molecule has 35 heavy (non-hydrogen) atoms. The molecule has 2 N–H and O–H groups in total. The van der Waals surface area contributed by atoms with Crippen molar-refractivity contribution in [3.8, 4) is 11.1 Å². The van der Waals surface area contributed by atoms with Crippen LogP contribution in [-0.2, 0) is 17.7 Å². The lowest BCUT2D eigenvalue weighted by Gasteiger charge is -2.26. The minimum absolute atomic E-state index is 0.0842. The van der Waals surface area contributed by atoms with Crippen LogP contribution in [0.1, 0.15) is 44.1 Å². The molecule has 2 heterocycles. The molecule has 0 aliphatic carbocycles. The van der Waals surface area contributed by atoms with E-state index in [0.717, 1.165) is 22.7 Å². The summed E-state index contributed by atoms with van der Waals surface area (Å²) in [5.74, 6) is -0.371. The second-order valence-corrected chi connectivity index (χ2v) is 8.99. The molecular formula is C25H24F4N4O2. The van der Waals surface area contributed by atoms with Gasteiger partial charge < -0.3 is 10.2 Å². The number of alkyl halides is 3. The predicted octanol–water partition coefficient (Wildman–Crippen LogP) is 5.07. The Labute approximate surface area is 198 Å². The van der Waals surface area contributed by atoms with E-state index < -0.39 is 29.5 Å². The fourth-order valence-corrected chi connectivity index (χ4v) is 3.83. The van der Waals surface area contributed by atoms with Crippen LogP contribution in [0.25, 0.3) is 22.0 Å². The maximum Gasteiger partial charge on any atom is 0.423 e. The minimum Gasteiger partial charge on any atom is -0.384 e. The average molecular weight is 488 g/mol. The van der Waals surface area contributed by atoms with E-state index in [1.165, 1.54) is 23.7 Å². The molecule has 0 saturated carbocycles. The van der Waals surface area contributed by atoms with E-state index in [1.54, 1.807) is 50.2 Å². The molecule has 4 rings (SSSR count). The number of pyridine rings is 1. The second kappa shape index (κ2) is 8.69. The number of halogens is 4. The SMILES string of the molecule is CC[C@](O)(c1cn(Cc2ccc3c(-c4ccc(F)cc4)cc(C(C)(C)O)nc3c2)nn1)C(F)(F)F. The summed E-state index contributed by atoms with van der Waals surface area (Å²) in [4.78, 5) is 4.58. The first-order valence-corrected chi connectivity index (χ1v) is 10.9. The number of aromatic nitrogens is 4. The number of hydrogen-bond donors (Lipinski definition) is 2. The first-order chi connectivity index (χ1) is 16.3. The third kappa shape index (κ3) is 4.76. The van der Waals surface area contributed by atoms with Crippen molar-refractivity contribution in [2.24, 2.45) is 0 Å². The van der Waals surface area contributed by atoms with Crippen LogP contribution in [0.4, 0.5) is 17.6 Å². The second-order valence-electron chi connectivity index (χ2n) is 8.99. The summed E-state index contributed by atoms with van der Waals surface area (Å²) in [5, 5.41) is 28.8. The lowest BCUT2D eigenvalue weighted by Crippen LogP contribution is -2.42. The minimum atomic E-state index is -4.89. The van der Waals surface area contributed by atoms with Crippen LogP contribution in [0.5, 0.6) is 0 Å². The highest BCUT2D eigenvalue weighted by molar-refractivity contribution is 5.95. The van der Waals surface area contributed by atoms with Crippen molar-refractivity contribution in [1.29, 1.82) is 0 Å².